The molecule has 1 N–H and O–H groups in total. The van der Waals surface area contributed by atoms with E-state index in [9.17, 15) is 0 Å². The molecule has 0 saturated heterocycles. The predicted octanol–water partition coefficient (Wildman–Crippen LogP) is 1.48. The highest BCUT2D eigenvalue weighted by atomic mass is 16.5. The van der Waals surface area contributed by atoms with Crippen LogP contribution in [0.1, 0.15) is 11.5 Å². The van der Waals surface area contributed by atoms with E-state index < -0.39 is 0 Å². The molecule has 114 valence electrons. The SMILES string of the molecule is COCCNCc1nnc(N(C)CCc2ccccc2)o1. The third-order valence-electron chi connectivity index (χ3n) is 3.12. The fourth-order valence-corrected chi connectivity index (χ4v) is 1.88. The maximum atomic E-state index is 5.61. The van der Waals surface area contributed by atoms with Crippen LogP contribution in [-0.2, 0) is 17.7 Å². The van der Waals surface area contributed by atoms with Crippen LogP contribution >= 0.6 is 0 Å². The number of nitrogens with zero attached hydrogens (tertiary/aromatic N) is 3. The van der Waals surface area contributed by atoms with Crippen molar-refractivity contribution in [1.29, 1.82) is 0 Å². The van der Waals surface area contributed by atoms with Crippen molar-refractivity contribution in [2.45, 2.75) is 13.0 Å². The molecule has 0 atom stereocenters. The Kier molecular flexibility index (Phi) is 6.18. The van der Waals surface area contributed by atoms with Crippen LogP contribution in [0.3, 0.4) is 0 Å². The average Bonchev–Trinajstić information content (AvgIpc) is 2.99. The van der Waals surface area contributed by atoms with Crippen molar-refractivity contribution in [3.8, 4) is 0 Å². The molecule has 1 aromatic carbocycles. The average molecular weight is 290 g/mol. The van der Waals surface area contributed by atoms with E-state index in [4.69, 9.17) is 9.15 Å². The quantitative estimate of drug-likeness (QED) is 0.706. The Labute approximate surface area is 125 Å². The zero-order valence-electron chi connectivity index (χ0n) is 12.6. The molecule has 0 aliphatic rings. The first-order chi connectivity index (χ1) is 10.3. The molecule has 0 unspecified atom stereocenters. The van der Waals surface area contributed by atoms with Gasteiger partial charge in [0.25, 0.3) is 0 Å². The second-order valence-corrected chi connectivity index (χ2v) is 4.81. The summed E-state index contributed by atoms with van der Waals surface area (Å²) in [5.41, 5.74) is 1.30. The highest BCUT2D eigenvalue weighted by molar-refractivity contribution is 5.24. The second kappa shape index (κ2) is 8.39. The van der Waals surface area contributed by atoms with Gasteiger partial charge in [0.2, 0.25) is 5.89 Å². The molecule has 1 aromatic heterocycles. The van der Waals surface area contributed by atoms with Crippen molar-refractivity contribution in [2.24, 2.45) is 0 Å². The van der Waals surface area contributed by atoms with E-state index in [0.29, 0.717) is 25.1 Å². The van der Waals surface area contributed by atoms with Crippen molar-refractivity contribution in [3.05, 3.63) is 41.8 Å². The van der Waals surface area contributed by atoms with Gasteiger partial charge in [0, 0.05) is 27.2 Å². The Hall–Kier alpha value is -1.92. The summed E-state index contributed by atoms with van der Waals surface area (Å²) >= 11 is 0. The smallest absolute Gasteiger partial charge is 0.317 e. The normalized spacial score (nSPS) is 10.8. The van der Waals surface area contributed by atoms with Crippen LogP contribution in [-0.4, -0.2) is 44.1 Å². The van der Waals surface area contributed by atoms with E-state index >= 15 is 0 Å². The number of anilines is 1. The highest BCUT2D eigenvalue weighted by Gasteiger charge is 2.10. The zero-order chi connectivity index (χ0) is 14.9. The first kappa shape index (κ1) is 15.5. The molecule has 0 radical (unpaired) electrons. The molecule has 2 rings (SSSR count). The van der Waals surface area contributed by atoms with E-state index in [1.54, 1.807) is 7.11 Å². The van der Waals surface area contributed by atoms with Crippen molar-refractivity contribution in [3.63, 3.8) is 0 Å². The monoisotopic (exact) mass is 290 g/mol. The molecular weight excluding hydrogens is 268 g/mol. The highest BCUT2D eigenvalue weighted by Crippen LogP contribution is 2.11. The Bertz CT molecular complexity index is 515. The third kappa shape index (κ3) is 5.17. The number of likely N-dealkylation sites (N-methyl/N-ethyl adjacent to an activating group) is 1. The van der Waals surface area contributed by atoms with Gasteiger partial charge < -0.3 is 19.4 Å². The maximum Gasteiger partial charge on any atom is 0.317 e. The van der Waals surface area contributed by atoms with Gasteiger partial charge in [-0.2, -0.15) is 0 Å². The molecule has 6 nitrogen and oxygen atoms in total. The van der Waals surface area contributed by atoms with Crippen molar-refractivity contribution in [2.75, 3.05) is 38.8 Å². The van der Waals surface area contributed by atoms with Crippen LogP contribution in [0.2, 0.25) is 0 Å². The lowest BCUT2D eigenvalue weighted by atomic mass is 10.1. The largest absolute Gasteiger partial charge is 0.407 e. The van der Waals surface area contributed by atoms with Gasteiger partial charge in [0.15, 0.2) is 0 Å². The summed E-state index contributed by atoms with van der Waals surface area (Å²) in [5, 5.41) is 11.3. The molecule has 0 saturated carbocycles. The Morgan fingerprint density at radius 3 is 2.81 bits per heavy atom. The van der Waals surface area contributed by atoms with Gasteiger partial charge in [-0.05, 0) is 12.0 Å². The first-order valence-electron chi connectivity index (χ1n) is 7.06. The van der Waals surface area contributed by atoms with Gasteiger partial charge in [0.05, 0.1) is 13.2 Å². The molecule has 0 fully saturated rings. The van der Waals surface area contributed by atoms with E-state index in [2.05, 4.69) is 27.6 Å². The minimum Gasteiger partial charge on any atom is -0.407 e. The summed E-state index contributed by atoms with van der Waals surface area (Å²) in [6.45, 7) is 2.82. The van der Waals surface area contributed by atoms with Crippen molar-refractivity contribution < 1.29 is 9.15 Å². The van der Waals surface area contributed by atoms with Crippen LogP contribution in [0.4, 0.5) is 6.01 Å². The Balaban J connectivity index is 1.77. The predicted molar refractivity (Wildman–Crippen MR) is 81.3 cm³/mol. The maximum absolute atomic E-state index is 5.61. The minimum absolute atomic E-state index is 0.550. The van der Waals surface area contributed by atoms with E-state index in [1.165, 1.54) is 5.56 Å². The number of methoxy groups -OCH3 is 1. The Morgan fingerprint density at radius 1 is 1.24 bits per heavy atom. The summed E-state index contributed by atoms with van der Waals surface area (Å²) < 4.78 is 10.6. The topological polar surface area (TPSA) is 63.4 Å². The lowest BCUT2D eigenvalue weighted by Gasteiger charge is -2.13. The fraction of sp³-hybridized carbons (Fsp3) is 0.467. The number of aromatic nitrogens is 2. The third-order valence-corrected chi connectivity index (χ3v) is 3.12. The van der Waals surface area contributed by atoms with Gasteiger partial charge in [-0.1, -0.05) is 35.4 Å². The van der Waals surface area contributed by atoms with Crippen molar-refractivity contribution in [1.82, 2.24) is 15.5 Å². The summed E-state index contributed by atoms with van der Waals surface area (Å²) in [6, 6.07) is 10.9. The van der Waals surface area contributed by atoms with E-state index in [1.807, 2.05) is 30.1 Å². The standard InChI is InChI=1S/C15H22N4O2/c1-19(10-8-13-6-4-3-5-7-13)15-18-17-14(21-15)12-16-9-11-20-2/h3-7,16H,8-12H2,1-2H3. The molecule has 1 heterocycles. The Morgan fingerprint density at radius 2 is 2.05 bits per heavy atom. The first-order valence-corrected chi connectivity index (χ1v) is 7.06. The van der Waals surface area contributed by atoms with Gasteiger partial charge >= 0.3 is 6.01 Å². The van der Waals surface area contributed by atoms with Crippen LogP contribution in [0.5, 0.6) is 0 Å². The molecule has 0 aliphatic carbocycles. The molecule has 6 heteroatoms. The molecule has 21 heavy (non-hydrogen) atoms. The number of nitrogens with one attached hydrogen (secondary N) is 1. The summed E-state index contributed by atoms with van der Waals surface area (Å²) in [6.07, 6.45) is 0.946. The van der Waals surface area contributed by atoms with Crippen LogP contribution in [0, 0.1) is 0 Å². The van der Waals surface area contributed by atoms with Crippen LogP contribution in [0.15, 0.2) is 34.7 Å². The number of rotatable bonds is 9. The van der Waals surface area contributed by atoms with Crippen LogP contribution < -0.4 is 10.2 Å². The van der Waals surface area contributed by atoms with Gasteiger partial charge in [-0.15, -0.1) is 5.10 Å². The number of hydrogen-bond acceptors (Lipinski definition) is 6. The van der Waals surface area contributed by atoms with E-state index in [-0.39, 0.29) is 0 Å². The fourth-order valence-electron chi connectivity index (χ4n) is 1.88. The molecule has 0 bridgehead atoms. The van der Waals surface area contributed by atoms with Gasteiger partial charge in [0.1, 0.15) is 0 Å². The lowest BCUT2D eigenvalue weighted by Crippen LogP contribution is -2.20. The molecular formula is C15H22N4O2. The van der Waals surface area contributed by atoms with Crippen molar-refractivity contribution >= 4 is 6.01 Å². The summed E-state index contributed by atoms with van der Waals surface area (Å²) in [7, 11) is 3.63. The molecule has 2 aromatic rings. The number of hydrogen-bond donors (Lipinski definition) is 1. The van der Waals surface area contributed by atoms with E-state index in [0.717, 1.165) is 19.5 Å². The summed E-state index contributed by atoms with van der Waals surface area (Å²) in [4.78, 5) is 1.97. The van der Waals surface area contributed by atoms with Gasteiger partial charge in [-0.25, -0.2) is 0 Å². The van der Waals surface area contributed by atoms with Gasteiger partial charge in [-0.3, -0.25) is 0 Å². The summed E-state index contributed by atoms with van der Waals surface area (Å²) in [5.74, 6) is 0.590. The second-order valence-electron chi connectivity index (χ2n) is 4.81. The lowest BCUT2D eigenvalue weighted by molar-refractivity contribution is 0.198. The molecule has 0 aliphatic heterocycles. The van der Waals surface area contributed by atoms with Crippen LogP contribution in [0.25, 0.3) is 0 Å². The molecule has 0 amide bonds. The number of ether oxygens (including phenoxy) is 1. The zero-order valence-corrected chi connectivity index (χ0v) is 12.6. The molecule has 0 spiro atoms. The minimum atomic E-state index is 0.550. The number of benzene rings is 1.